The van der Waals surface area contributed by atoms with Crippen molar-refractivity contribution in [3.05, 3.63) is 41.6 Å². The Hall–Kier alpha value is -1.90. The third-order valence-corrected chi connectivity index (χ3v) is 4.09. The lowest BCUT2D eigenvalue weighted by atomic mass is 9.87. The van der Waals surface area contributed by atoms with Gasteiger partial charge in [0.1, 0.15) is 5.82 Å². The van der Waals surface area contributed by atoms with Crippen LogP contribution in [0.25, 0.3) is 11.4 Å². The molecule has 0 unspecified atom stereocenters. The van der Waals surface area contributed by atoms with Crippen LogP contribution < -0.4 is 4.90 Å². The summed E-state index contributed by atoms with van der Waals surface area (Å²) in [6.07, 6.45) is 2.37. The van der Waals surface area contributed by atoms with Crippen LogP contribution in [0, 0.1) is 6.92 Å². The molecule has 0 N–H and O–H groups in total. The lowest BCUT2D eigenvalue weighted by Gasteiger charge is -2.20. The summed E-state index contributed by atoms with van der Waals surface area (Å²) in [7, 11) is 2.10. The summed E-state index contributed by atoms with van der Waals surface area (Å²) in [4.78, 5) is 11.6. The molecular weight excluding hydrogens is 282 g/mol. The van der Waals surface area contributed by atoms with Gasteiger partial charge in [-0.2, -0.15) is 0 Å². The first-order chi connectivity index (χ1) is 10.8. The molecule has 0 spiro atoms. The van der Waals surface area contributed by atoms with Gasteiger partial charge < -0.3 is 4.90 Å². The third-order valence-electron chi connectivity index (χ3n) is 4.09. The van der Waals surface area contributed by atoms with Crippen LogP contribution in [0.1, 0.15) is 51.8 Å². The maximum atomic E-state index is 4.76. The lowest BCUT2D eigenvalue weighted by Crippen LogP contribution is -2.20. The Labute approximate surface area is 140 Å². The largest absolute Gasteiger partial charge is 0.360 e. The van der Waals surface area contributed by atoms with Crippen molar-refractivity contribution in [3.8, 4) is 11.4 Å². The number of nitrogens with zero attached hydrogens (tertiary/aromatic N) is 3. The number of anilines is 1. The van der Waals surface area contributed by atoms with E-state index in [1.165, 1.54) is 18.4 Å². The molecule has 0 aliphatic carbocycles. The topological polar surface area (TPSA) is 29.0 Å². The zero-order valence-corrected chi connectivity index (χ0v) is 15.3. The Morgan fingerprint density at radius 2 is 1.70 bits per heavy atom. The second-order valence-corrected chi connectivity index (χ2v) is 7.29. The Balaban J connectivity index is 2.31. The minimum Gasteiger partial charge on any atom is -0.360 e. The molecule has 0 aliphatic heterocycles. The molecule has 0 saturated heterocycles. The van der Waals surface area contributed by atoms with Crippen LogP contribution in [-0.2, 0) is 5.41 Å². The van der Waals surface area contributed by atoms with Gasteiger partial charge in [-0.05, 0) is 24.3 Å². The fraction of sp³-hybridized carbons (Fsp3) is 0.500. The highest BCUT2D eigenvalue weighted by atomic mass is 15.2. The van der Waals surface area contributed by atoms with Gasteiger partial charge in [-0.1, -0.05) is 58.4 Å². The zero-order chi connectivity index (χ0) is 17.0. The van der Waals surface area contributed by atoms with E-state index >= 15 is 0 Å². The highest BCUT2D eigenvalue weighted by Gasteiger charge is 2.14. The van der Waals surface area contributed by atoms with Crippen LogP contribution in [-0.4, -0.2) is 23.6 Å². The van der Waals surface area contributed by atoms with Crippen LogP contribution in [0.4, 0.5) is 5.82 Å². The predicted octanol–water partition coefficient (Wildman–Crippen LogP) is 4.99. The third kappa shape index (κ3) is 4.54. The van der Waals surface area contributed by atoms with Gasteiger partial charge in [-0.15, -0.1) is 0 Å². The molecule has 0 saturated carbocycles. The van der Waals surface area contributed by atoms with Gasteiger partial charge in [0.05, 0.1) is 0 Å². The molecule has 0 bridgehead atoms. The lowest BCUT2D eigenvalue weighted by molar-refractivity contribution is 0.590. The summed E-state index contributed by atoms with van der Waals surface area (Å²) in [6.45, 7) is 12.0. The number of hydrogen-bond acceptors (Lipinski definition) is 3. The summed E-state index contributed by atoms with van der Waals surface area (Å²) < 4.78 is 0. The SMILES string of the molecule is CCCCN(C)c1cc(C)nc(-c2ccc(C(C)(C)C)cc2)n1. The van der Waals surface area contributed by atoms with Crippen molar-refractivity contribution in [2.75, 3.05) is 18.5 Å². The second kappa shape index (κ2) is 7.12. The van der Waals surface area contributed by atoms with Crippen LogP contribution in [0.2, 0.25) is 0 Å². The summed E-state index contributed by atoms with van der Waals surface area (Å²) in [5.74, 6) is 1.81. The normalized spacial score (nSPS) is 11.6. The number of benzene rings is 1. The fourth-order valence-corrected chi connectivity index (χ4v) is 2.51. The monoisotopic (exact) mass is 311 g/mol. The molecule has 1 aromatic carbocycles. The summed E-state index contributed by atoms with van der Waals surface area (Å²) in [5.41, 5.74) is 3.58. The smallest absolute Gasteiger partial charge is 0.161 e. The minimum atomic E-state index is 0.164. The molecule has 0 aliphatic rings. The van der Waals surface area contributed by atoms with Gasteiger partial charge in [0.2, 0.25) is 0 Å². The van der Waals surface area contributed by atoms with E-state index in [4.69, 9.17) is 4.98 Å². The number of aromatic nitrogens is 2. The molecule has 1 heterocycles. The quantitative estimate of drug-likeness (QED) is 0.779. The molecule has 0 amide bonds. The molecule has 0 radical (unpaired) electrons. The zero-order valence-electron chi connectivity index (χ0n) is 15.3. The van der Waals surface area contributed by atoms with Crippen LogP contribution in [0.5, 0.6) is 0 Å². The average molecular weight is 311 g/mol. The van der Waals surface area contributed by atoms with Crippen LogP contribution >= 0.6 is 0 Å². The molecule has 3 nitrogen and oxygen atoms in total. The first kappa shape index (κ1) is 17.5. The van der Waals surface area contributed by atoms with E-state index in [1.54, 1.807) is 0 Å². The van der Waals surface area contributed by atoms with Crippen LogP contribution in [0.15, 0.2) is 30.3 Å². The number of aryl methyl sites for hydroxylation is 1. The Kier molecular flexibility index (Phi) is 5.40. The van der Waals surface area contributed by atoms with Gasteiger partial charge in [-0.3, -0.25) is 0 Å². The number of unbranched alkanes of at least 4 members (excludes halogenated alkanes) is 1. The molecule has 2 rings (SSSR count). The number of hydrogen-bond donors (Lipinski definition) is 0. The highest BCUT2D eigenvalue weighted by molar-refractivity contribution is 5.58. The Bertz CT molecular complexity index is 639. The molecule has 0 atom stereocenters. The average Bonchev–Trinajstić information content (AvgIpc) is 2.51. The maximum absolute atomic E-state index is 4.76. The molecule has 2 aromatic rings. The van der Waals surface area contributed by atoms with E-state index in [2.05, 4.69) is 75.0 Å². The summed E-state index contributed by atoms with van der Waals surface area (Å²) in [5, 5.41) is 0. The highest BCUT2D eigenvalue weighted by Crippen LogP contribution is 2.25. The van der Waals surface area contributed by atoms with E-state index < -0.39 is 0 Å². The van der Waals surface area contributed by atoms with Crippen molar-refractivity contribution in [2.24, 2.45) is 0 Å². The predicted molar refractivity (Wildman–Crippen MR) is 99.1 cm³/mol. The molecule has 1 aromatic heterocycles. The summed E-state index contributed by atoms with van der Waals surface area (Å²) in [6, 6.07) is 10.7. The fourth-order valence-electron chi connectivity index (χ4n) is 2.51. The van der Waals surface area contributed by atoms with E-state index in [-0.39, 0.29) is 5.41 Å². The van der Waals surface area contributed by atoms with Gasteiger partial charge in [-0.25, -0.2) is 9.97 Å². The van der Waals surface area contributed by atoms with Crippen molar-refractivity contribution < 1.29 is 0 Å². The van der Waals surface area contributed by atoms with Gasteiger partial charge >= 0.3 is 0 Å². The van der Waals surface area contributed by atoms with Crippen molar-refractivity contribution in [3.63, 3.8) is 0 Å². The van der Waals surface area contributed by atoms with Crippen molar-refractivity contribution in [1.29, 1.82) is 0 Å². The molecular formula is C20H29N3. The first-order valence-electron chi connectivity index (χ1n) is 8.49. The Morgan fingerprint density at radius 1 is 1.04 bits per heavy atom. The van der Waals surface area contributed by atoms with Gasteiger partial charge in [0.15, 0.2) is 5.82 Å². The second-order valence-electron chi connectivity index (χ2n) is 7.29. The summed E-state index contributed by atoms with van der Waals surface area (Å²) >= 11 is 0. The van der Waals surface area contributed by atoms with Gasteiger partial charge in [0.25, 0.3) is 0 Å². The van der Waals surface area contributed by atoms with Gasteiger partial charge in [0, 0.05) is 30.9 Å². The molecule has 124 valence electrons. The maximum Gasteiger partial charge on any atom is 0.161 e. The van der Waals surface area contributed by atoms with E-state index in [9.17, 15) is 0 Å². The van der Waals surface area contributed by atoms with Crippen molar-refractivity contribution >= 4 is 5.82 Å². The molecule has 23 heavy (non-hydrogen) atoms. The molecule has 3 heteroatoms. The van der Waals surface area contributed by atoms with Crippen LogP contribution in [0.3, 0.4) is 0 Å². The van der Waals surface area contributed by atoms with Crippen molar-refractivity contribution in [2.45, 2.75) is 52.9 Å². The number of rotatable bonds is 5. The minimum absolute atomic E-state index is 0.164. The van der Waals surface area contributed by atoms with E-state index in [1.807, 2.05) is 6.92 Å². The van der Waals surface area contributed by atoms with Crippen molar-refractivity contribution in [1.82, 2.24) is 9.97 Å². The Morgan fingerprint density at radius 3 is 2.26 bits per heavy atom. The first-order valence-corrected chi connectivity index (χ1v) is 8.49. The standard InChI is InChI=1S/C20H29N3/c1-7-8-13-23(6)18-14-15(2)21-19(22-18)16-9-11-17(12-10-16)20(3,4)5/h9-12,14H,7-8,13H2,1-6H3. The molecule has 0 fully saturated rings. The van der Waals surface area contributed by atoms with E-state index in [0.29, 0.717) is 0 Å². The van der Waals surface area contributed by atoms with E-state index in [0.717, 1.165) is 29.4 Å².